The van der Waals surface area contributed by atoms with E-state index in [1.807, 2.05) is 41.6 Å². The van der Waals surface area contributed by atoms with Crippen LogP contribution in [0, 0.1) is 0 Å². The van der Waals surface area contributed by atoms with Crippen molar-refractivity contribution in [1.29, 1.82) is 0 Å². The van der Waals surface area contributed by atoms with Gasteiger partial charge in [-0.15, -0.1) is 5.10 Å². The highest BCUT2D eigenvalue weighted by atomic mass is 16.2. The molecule has 122 valence electrons. The van der Waals surface area contributed by atoms with Gasteiger partial charge >= 0.3 is 0 Å². The Kier molecular flexibility index (Phi) is 4.90. The number of anilines is 1. The maximum atomic E-state index is 12.4. The molecule has 1 atom stereocenters. The SMILES string of the molecule is C[C@@H](CC(=O)N1CCC(Nc2cccnn2)CC1)n1cccc1. The number of hydrogen-bond donors (Lipinski definition) is 1. The topological polar surface area (TPSA) is 63.1 Å². The van der Waals surface area contributed by atoms with E-state index < -0.39 is 0 Å². The molecule has 1 N–H and O–H groups in total. The van der Waals surface area contributed by atoms with Crippen LogP contribution in [0.2, 0.25) is 0 Å². The van der Waals surface area contributed by atoms with E-state index in [1.54, 1.807) is 6.20 Å². The average Bonchev–Trinajstić information content (AvgIpc) is 3.11. The van der Waals surface area contributed by atoms with E-state index in [9.17, 15) is 4.79 Å². The predicted octanol–water partition coefficient (Wildman–Crippen LogP) is 2.33. The summed E-state index contributed by atoms with van der Waals surface area (Å²) in [5.74, 6) is 1.04. The summed E-state index contributed by atoms with van der Waals surface area (Å²) in [6, 6.07) is 8.33. The number of piperidine rings is 1. The number of rotatable bonds is 5. The maximum absolute atomic E-state index is 12.4. The molecule has 1 aliphatic rings. The standard InChI is InChI=1S/C17H23N5O/c1-14(21-9-2-3-10-21)13-17(23)22-11-6-15(7-12-22)19-16-5-4-8-18-20-16/h2-5,8-10,14-15H,6-7,11-13H2,1H3,(H,19,20)/t14-/m0/s1. The normalized spacial score (nSPS) is 17.0. The fourth-order valence-electron chi connectivity index (χ4n) is 2.99. The molecule has 1 aliphatic heterocycles. The summed E-state index contributed by atoms with van der Waals surface area (Å²) in [5.41, 5.74) is 0. The largest absolute Gasteiger partial charge is 0.366 e. The Balaban J connectivity index is 1.46. The number of aromatic nitrogens is 3. The van der Waals surface area contributed by atoms with E-state index in [-0.39, 0.29) is 11.9 Å². The van der Waals surface area contributed by atoms with Gasteiger partial charge in [-0.3, -0.25) is 4.79 Å². The number of carbonyl (C=O) groups excluding carboxylic acids is 1. The van der Waals surface area contributed by atoms with Crippen LogP contribution in [-0.4, -0.2) is 44.7 Å². The van der Waals surface area contributed by atoms with Gasteiger partial charge in [-0.1, -0.05) is 0 Å². The first-order chi connectivity index (χ1) is 11.2. The van der Waals surface area contributed by atoms with Crippen molar-refractivity contribution in [3.63, 3.8) is 0 Å². The molecule has 3 heterocycles. The van der Waals surface area contributed by atoms with Gasteiger partial charge in [-0.05, 0) is 44.0 Å². The summed E-state index contributed by atoms with van der Waals surface area (Å²) in [7, 11) is 0. The molecule has 0 unspecified atom stereocenters. The number of nitrogens with zero attached hydrogens (tertiary/aromatic N) is 4. The number of carbonyl (C=O) groups is 1. The van der Waals surface area contributed by atoms with Crippen LogP contribution in [0.15, 0.2) is 42.9 Å². The van der Waals surface area contributed by atoms with Gasteiger partial charge in [-0.25, -0.2) is 0 Å². The van der Waals surface area contributed by atoms with Crippen LogP contribution in [0.3, 0.4) is 0 Å². The van der Waals surface area contributed by atoms with Gasteiger partial charge in [0.1, 0.15) is 5.82 Å². The second-order valence-electron chi connectivity index (χ2n) is 6.09. The second-order valence-corrected chi connectivity index (χ2v) is 6.09. The van der Waals surface area contributed by atoms with E-state index in [1.165, 1.54) is 0 Å². The van der Waals surface area contributed by atoms with Crippen molar-refractivity contribution in [2.45, 2.75) is 38.3 Å². The zero-order chi connectivity index (χ0) is 16.1. The molecule has 6 nitrogen and oxygen atoms in total. The lowest BCUT2D eigenvalue weighted by Gasteiger charge is -2.33. The molecule has 0 bridgehead atoms. The van der Waals surface area contributed by atoms with Gasteiger partial charge in [-0.2, -0.15) is 5.10 Å². The highest BCUT2D eigenvalue weighted by Crippen LogP contribution is 2.18. The summed E-state index contributed by atoms with van der Waals surface area (Å²) in [6.45, 7) is 3.69. The Labute approximate surface area is 136 Å². The Morgan fingerprint density at radius 3 is 2.70 bits per heavy atom. The molecule has 6 heteroatoms. The highest BCUT2D eigenvalue weighted by molar-refractivity contribution is 5.76. The lowest BCUT2D eigenvalue weighted by Crippen LogP contribution is -2.43. The summed E-state index contributed by atoms with van der Waals surface area (Å²) in [6.07, 6.45) is 8.12. The molecule has 1 saturated heterocycles. The van der Waals surface area contributed by atoms with Gasteiger partial charge < -0.3 is 14.8 Å². The molecular weight excluding hydrogens is 290 g/mol. The van der Waals surface area contributed by atoms with Gasteiger partial charge in [0.2, 0.25) is 5.91 Å². The van der Waals surface area contributed by atoms with Gasteiger partial charge in [0.25, 0.3) is 0 Å². The molecule has 0 saturated carbocycles. The van der Waals surface area contributed by atoms with E-state index in [0.29, 0.717) is 12.5 Å². The fourth-order valence-corrected chi connectivity index (χ4v) is 2.99. The summed E-state index contributed by atoms with van der Waals surface area (Å²) >= 11 is 0. The quantitative estimate of drug-likeness (QED) is 0.920. The Hall–Kier alpha value is -2.37. The molecule has 0 aliphatic carbocycles. The second kappa shape index (κ2) is 7.26. The number of amides is 1. The Morgan fingerprint density at radius 1 is 1.30 bits per heavy atom. The maximum Gasteiger partial charge on any atom is 0.224 e. The number of nitrogens with one attached hydrogen (secondary N) is 1. The monoisotopic (exact) mass is 313 g/mol. The van der Waals surface area contributed by atoms with E-state index in [4.69, 9.17) is 0 Å². The highest BCUT2D eigenvalue weighted by Gasteiger charge is 2.24. The minimum absolute atomic E-state index is 0.202. The van der Waals surface area contributed by atoms with Crippen molar-refractivity contribution in [1.82, 2.24) is 19.7 Å². The zero-order valence-electron chi connectivity index (χ0n) is 13.4. The lowest BCUT2D eigenvalue weighted by molar-refractivity contribution is -0.132. The number of likely N-dealkylation sites (tertiary alicyclic amines) is 1. The van der Waals surface area contributed by atoms with Crippen LogP contribution >= 0.6 is 0 Å². The zero-order valence-corrected chi connectivity index (χ0v) is 13.4. The fraction of sp³-hybridized carbons (Fsp3) is 0.471. The van der Waals surface area contributed by atoms with Crippen molar-refractivity contribution >= 4 is 11.7 Å². The molecular formula is C17H23N5O. The number of hydrogen-bond acceptors (Lipinski definition) is 4. The molecule has 2 aromatic rings. The van der Waals surface area contributed by atoms with Crippen LogP contribution in [-0.2, 0) is 4.79 Å². The van der Waals surface area contributed by atoms with Crippen LogP contribution < -0.4 is 5.32 Å². The van der Waals surface area contributed by atoms with E-state index in [0.717, 1.165) is 31.7 Å². The molecule has 1 amide bonds. The third kappa shape index (κ3) is 4.09. The summed E-state index contributed by atoms with van der Waals surface area (Å²) in [5, 5.41) is 11.3. The first kappa shape index (κ1) is 15.5. The van der Waals surface area contributed by atoms with Crippen molar-refractivity contribution < 1.29 is 4.79 Å². The van der Waals surface area contributed by atoms with Crippen LogP contribution in [0.4, 0.5) is 5.82 Å². The van der Waals surface area contributed by atoms with E-state index in [2.05, 4.69) is 27.0 Å². The summed E-state index contributed by atoms with van der Waals surface area (Å²) < 4.78 is 2.08. The van der Waals surface area contributed by atoms with Crippen molar-refractivity contribution in [3.05, 3.63) is 42.9 Å². The minimum Gasteiger partial charge on any atom is -0.366 e. The molecule has 23 heavy (non-hydrogen) atoms. The minimum atomic E-state index is 0.202. The molecule has 1 fully saturated rings. The van der Waals surface area contributed by atoms with E-state index >= 15 is 0 Å². The van der Waals surface area contributed by atoms with Gasteiger partial charge in [0, 0.05) is 50.2 Å². The average molecular weight is 313 g/mol. The van der Waals surface area contributed by atoms with Crippen molar-refractivity contribution in [2.75, 3.05) is 18.4 Å². The Bertz CT molecular complexity index is 605. The molecule has 3 rings (SSSR count). The molecule has 0 spiro atoms. The molecule has 0 aromatic carbocycles. The summed E-state index contributed by atoms with van der Waals surface area (Å²) in [4.78, 5) is 14.4. The van der Waals surface area contributed by atoms with Crippen molar-refractivity contribution in [2.24, 2.45) is 0 Å². The van der Waals surface area contributed by atoms with Gasteiger partial charge in [0.05, 0.1) is 0 Å². The van der Waals surface area contributed by atoms with Gasteiger partial charge in [0.15, 0.2) is 0 Å². The third-order valence-corrected chi connectivity index (χ3v) is 4.38. The lowest BCUT2D eigenvalue weighted by atomic mass is 10.0. The van der Waals surface area contributed by atoms with Crippen molar-refractivity contribution in [3.8, 4) is 0 Å². The molecule has 0 radical (unpaired) electrons. The van der Waals surface area contributed by atoms with Crippen LogP contribution in [0.1, 0.15) is 32.2 Å². The van der Waals surface area contributed by atoms with Crippen LogP contribution in [0.25, 0.3) is 0 Å². The van der Waals surface area contributed by atoms with Crippen LogP contribution in [0.5, 0.6) is 0 Å². The third-order valence-electron chi connectivity index (χ3n) is 4.38. The molecule has 2 aromatic heterocycles. The Morgan fingerprint density at radius 2 is 2.04 bits per heavy atom. The first-order valence-electron chi connectivity index (χ1n) is 8.17. The predicted molar refractivity (Wildman–Crippen MR) is 89.0 cm³/mol. The first-order valence-corrected chi connectivity index (χ1v) is 8.17. The smallest absolute Gasteiger partial charge is 0.224 e.